The molecule has 0 heterocycles. The Hall–Kier alpha value is -0.500. The summed E-state index contributed by atoms with van der Waals surface area (Å²) in [7, 11) is 1.68. The number of quaternary nitrogens is 1. The summed E-state index contributed by atoms with van der Waals surface area (Å²) in [6.45, 7) is 5.63. The van der Waals surface area contributed by atoms with Gasteiger partial charge in [0.05, 0.1) is 34.4 Å². The molecule has 0 aliphatic carbocycles. The third-order valence-corrected chi connectivity index (χ3v) is 8.90. The first-order valence-corrected chi connectivity index (χ1v) is 19.8. The minimum atomic E-state index is -4.25. The lowest BCUT2D eigenvalue weighted by Gasteiger charge is -2.24. The van der Waals surface area contributed by atoms with Gasteiger partial charge in [0.2, 0.25) is 0 Å². The molecule has 8 nitrogen and oxygen atoms in total. The quantitative estimate of drug-likeness (QED) is 0.0321. The van der Waals surface area contributed by atoms with E-state index >= 15 is 0 Å². The molecule has 9 heteroatoms. The van der Waals surface area contributed by atoms with Crippen molar-refractivity contribution in [2.24, 2.45) is 0 Å². The second kappa shape index (κ2) is 29.9. The lowest BCUT2D eigenvalue weighted by atomic mass is 10.1. The van der Waals surface area contributed by atoms with Gasteiger partial charge in [0.15, 0.2) is 0 Å². The van der Waals surface area contributed by atoms with Gasteiger partial charge in [-0.1, -0.05) is 142 Å². The molecule has 0 aliphatic heterocycles. The molecular weight excluding hydrogens is 577 g/mol. The highest BCUT2D eigenvalue weighted by Gasteiger charge is 2.26. The van der Waals surface area contributed by atoms with E-state index in [0.717, 1.165) is 32.1 Å². The molecule has 0 saturated heterocycles. The number of ether oxygens (including phenoxy) is 2. The van der Waals surface area contributed by atoms with Crippen LogP contribution >= 0.6 is 7.82 Å². The van der Waals surface area contributed by atoms with E-state index in [-0.39, 0.29) is 25.8 Å². The van der Waals surface area contributed by atoms with Crippen molar-refractivity contribution in [3.05, 3.63) is 0 Å². The molecule has 0 aliphatic rings. The first kappa shape index (κ1) is 43.5. The molecule has 0 amide bonds. The molecule has 0 spiro atoms. The van der Waals surface area contributed by atoms with Gasteiger partial charge in [0, 0.05) is 13.0 Å². The van der Waals surface area contributed by atoms with E-state index in [9.17, 15) is 14.3 Å². The number of hydrogen-bond acceptors (Lipinski definition) is 6. The van der Waals surface area contributed by atoms with Gasteiger partial charge >= 0.3 is 13.8 Å². The fourth-order valence-electron chi connectivity index (χ4n) is 5.02. The monoisotopic (exact) mass is 651 g/mol. The molecule has 0 fully saturated rings. The van der Waals surface area contributed by atoms with E-state index in [0.29, 0.717) is 24.1 Å². The number of esters is 1. The number of rotatable bonds is 34. The van der Waals surface area contributed by atoms with E-state index in [2.05, 4.69) is 13.8 Å². The maximum Gasteiger partial charge on any atom is 0.472 e. The SMILES string of the molecule is CCCCCCCCCCCCCOCC(COP(=O)(O)OCC[N+](C)(C)C)OC(=O)CCCCCCCCCCCCC. The molecule has 2 unspecified atom stereocenters. The first-order valence-electron chi connectivity index (χ1n) is 18.3. The summed E-state index contributed by atoms with van der Waals surface area (Å²) >= 11 is 0. The Kier molecular flexibility index (Phi) is 29.5. The van der Waals surface area contributed by atoms with Crippen molar-refractivity contribution in [1.29, 1.82) is 0 Å². The Morgan fingerprint density at radius 2 is 1.05 bits per heavy atom. The highest BCUT2D eigenvalue weighted by Crippen LogP contribution is 2.43. The Balaban J connectivity index is 4.30. The number of nitrogens with zero attached hydrogens (tertiary/aromatic N) is 1. The lowest BCUT2D eigenvalue weighted by molar-refractivity contribution is -0.870. The minimum absolute atomic E-state index is 0.0932. The number of phosphoric acid groups is 1. The molecule has 0 rings (SSSR count). The molecule has 2 atom stereocenters. The van der Waals surface area contributed by atoms with Crippen LogP contribution < -0.4 is 0 Å². The summed E-state index contributed by atoms with van der Waals surface area (Å²) in [4.78, 5) is 22.7. The normalized spacial score (nSPS) is 14.0. The van der Waals surface area contributed by atoms with Gasteiger partial charge in [-0.3, -0.25) is 13.8 Å². The molecule has 1 N–H and O–H groups in total. The third-order valence-electron chi connectivity index (χ3n) is 7.92. The number of unbranched alkanes of at least 4 members (excludes halogenated alkanes) is 20. The average molecular weight is 651 g/mol. The van der Waals surface area contributed by atoms with Crippen LogP contribution in [0.1, 0.15) is 162 Å². The van der Waals surface area contributed by atoms with Crippen molar-refractivity contribution in [2.75, 3.05) is 54.1 Å². The molecule has 44 heavy (non-hydrogen) atoms. The highest BCUT2D eigenvalue weighted by molar-refractivity contribution is 7.47. The zero-order valence-corrected chi connectivity index (χ0v) is 30.6. The fourth-order valence-corrected chi connectivity index (χ4v) is 5.76. The summed E-state index contributed by atoms with van der Waals surface area (Å²) in [5.74, 6) is -0.313. The largest absolute Gasteiger partial charge is 0.472 e. The first-order chi connectivity index (χ1) is 21.1. The van der Waals surface area contributed by atoms with Gasteiger partial charge in [-0.15, -0.1) is 0 Å². The maximum absolute atomic E-state index is 12.6. The minimum Gasteiger partial charge on any atom is -0.457 e. The Bertz CT molecular complexity index is 686. The van der Waals surface area contributed by atoms with Gasteiger partial charge in [-0.05, 0) is 12.8 Å². The zero-order chi connectivity index (χ0) is 32.8. The van der Waals surface area contributed by atoms with Crippen molar-refractivity contribution in [3.8, 4) is 0 Å². The molecule has 0 bridgehead atoms. The summed E-state index contributed by atoms with van der Waals surface area (Å²) in [5, 5.41) is 0. The fraction of sp³-hybridized carbons (Fsp3) is 0.971. The van der Waals surface area contributed by atoms with Gasteiger partial charge in [0.25, 0.3) is 0 Å². The van der Waals surface area contributed by atoms with Crippen molar-refractivity contribution in [3.63, 3.8) is 0 Å². The van der Waals surface area contributed by atoms with Gasteiger partial charge < -0.3 is 18.9 Å². The Morgan fingerprint density at radius 1 is 0.614 bits per heavy atom. The number of carbonyl (C=O) groups is 1. The van der Waals surface area contributed by atoms with Crippen LogP contribution in [0, 0.1) is 0 Å². The van der Waals surface area contributed by atoms with E-state index in [1.165, 1.54) is 109 Å². The number of likely N-dealkylation sites (N-methyl/N-ethyl adjacent to an activating group) is 1. The smallest absolute Gasteiger partial charge is 0.457 e. The maximum atomic E-state index is 12.6. The van der Waals surface area contributed by atoms with Gasteiger partial charge in [0.1, 0.15) is 19.3 Å². The standard InChI is InChI=1S/C35H72NO7P/c1-6-8-10-12-14-16-18-20-22-24-26-28-35(37)43-34(33-42-44(38,39)41-31-29-36(3,4)5)32-40-30-27-25-23-21-19-17-15-13-11-9-7-2/h34H,6-33H2,1-5H3/p+1. The van der Waals surface area contributed by atoms with Crippen LogP contribution in [0.3, 0.4) is 0 Å². The highest BCUT2D eigenvalue weighted by atomic mass is 31.2. The molecule has 0 radical (unpaired) electrons. The van der Waals surface area contributed by atoms with Crippen LogP contribution in [-0.2, 0) is 27.9 Å². The zero-order valence-electron chi connectivity index (χ0n) is 29.7. The van der Waals surface area contributed by atoms with Gasteiger partial charge in [-0.2, -0.15) is 0 Å². The third kappa shape index (κ3) is 32.9. The second-order valence-electron chi connectivity index (χ2n) is 13.6. The van der Waals surface area contributed by atoms with Crippen molar-refractivity contribution in [2.45, 2.75) is 168 Å². The average Bonchev–Trinajstić information content (AvgIpc) is 2.96. The second-order valence-corrected chi connectivity index (χ2v) is 15.1. The van der Waals surface area contributed by atoms with Crippen LogP contribution in [0.4, 0.5) is 0 Å². The molecule has 0 aromatic carbocycles. The van der Waals surface area contributed by atoms with Crippen molar-refractivity contribution >= 4 is 13.8 Å². The number of carbonyl (C=O) groups excluding carboxylic acids is 1. The molecule has 0 aromatic heterocycles. The van der Waals surface area contributed by atoms with Crippen molar-refractivity contribution in [1.82, 2.24) is 0 Å². The summed E-state index contributed by atoms with van der Waals surface area (Å²) in [6, 6.07) is 0. The van der Waals surface area contributed by atoms with Crippen LogP contribution in [0.2, 0.25) is 0 Å². The number of hydrogen-bond donors (Lipinski definition) is 1. The Labute approximate surface area is 272 Å². The van der Waals surface area contributed by atoms with Gasteiger partial charge in [-0.25, -0.2) is 4.57 Å². The lowest BCUT2D eigenvalue weighted by Crippen LogP contribution is -2.37. The molecule has 264 valence electrons. The summed E-state index contributed by atoms with van der Waals surface area (Å²) in [6.07, 6.45) is 26.9. The van der Waals surface area contributed by atoms with E-state index in [1.54, 1.807) is 0 Å². The van der Waals surface area contributed by atoms with E-state index in [4.69, 9.17) is 18.5 Å². The summed E-state index contributed by atoms with van der Waals surface area (Å²) < 4.78 is 34.7. The Morgan fingerprint density at radius 3 is 1.50 bits per heavy atom. The summed E-state index contributed by atoms with van der Waals surface area (Å²) in [5.41, 5.74) is 0. The van der Waals surface area contributed by atoms with E-state index < -0.39 is 13.9 Å². The van der Waals surface area contributed by atoms with Crippen LogP contribution in [0.5, 0.6) is 0 Å². The van der Waals surface area contributed by atoms with Crippen LogP contribution in [0.15, 0.2) is 0 Å². The van der Waals surface area contributed by atoms with Crippen LogP contribution in [0.25, 0.3) is 0 Å². The predicted molar refractivity (Wildman–Crippen MR) is 183 cm³/mol. The topological polar surface area (TPSA) is 91.3 Å². The molecule has 0 aromatic rings. The molecule has 0 saturated carbocycles. The molecular formula is C35H73NO7P+. The van der Waals surface area contributed by atoms with Crippen molar-refractivity contribution < 1.29 is 37.3 Å². The van der Waals surface area contributed by atoms with Crippen LogP contribution in [-0.4, -0.2) is 75.6 Å². The number of phosphoric ester groups is 1. The predicted octanol–water partition coefficient (Wildman–Crippen LogP) is 9.77. The van der Waals surface area contributed by atoms with E-state index in [1.807, 2.05) is 21.1 Å².